The second kappa shape index (κ2) is 4.69. The first-order chi connectivity index (χ1) is 10.5. The van der Waals surface area contributed by atoms with Gasteiger partial charge in [-0.3, -0.25) is 4.79 Å². The van der Waals surface area contributed by atoms with E-state index in [9.17, 15) is 4.79 Å². The van der Waals surface area contributed by atoms with Crippen molar-refractivity contribution in [3.8, 4) is 0 Å². The lowest BCUT2D eigenvalue weighted by atomic mass is 10.1. The van der Waals surface area contributed by atoms with Gasteiger partial charge in [-0.1, -0.05) is 0 Å². The third kappa shape index (κ3) is 2.05. The second-order valence-electron chi connectivity index (χ2n) is 6.48. The maximum absolute atomic E-state index is 12.8. The number of hydrogen-bond donors (Lipinski definition) is 0. The van der Waals surface area contributed by atoms with E-state index in [4.69, 9.17) is 4.42 Å². The summed E-state index contributed by atoms with van der Waals surface area (Å²) in [7, 11) is 0. The minimum atomic E-state index is 0.0171. The SMILES string of the molecule is Cc1cc(C(=O)N2Cc3nnc(C4CC4)n3[C@@H](C)C2)c(C)o1. The topological polar surface area (TPSA) is 64.2 Å². The second-order valence-corrected chi connectivity index (χ2v) is 6.48. The molecule has 4 rings (SSSR count). The molecule has 22 heavy (non-hydrogen) atoms. The van der Waals surface area contributed by atoms with E-state index in [1.165, 1.54) is 12.8 Å². The number of furan rings is 1. The number of aryl methyl sites for hydroxylation is 2. The molecule has 0 unspecified atom stereocenters. The molecule has 0 radical (unpaired) electrons. The first kappa shape index (κ1) is 13.5. The van der Waals surface area contributed by atoms with Crippen LogP contribution in [0, 0.1) is 13.8 Å². The van der Waals surface area contributed by atoms with Gasteiger partial charge in [-0.15, -0.1) is 10.2 Å². The molecule has 1 aliphatic carbocycles. The van der Waals surface area contributed by atoms with Crippen LogP contribution in [-0.4, -0.2) is 32.1 Å². The zero-order valence-electron chi connectivity index (χ0n) is 13.2. The Labute approximate surface area is 129 Å². The molecule has 1 amide bonds. The highest BCUT2D eigenvalue weighted by atomic mass is 16.3. The molecule has 1 aliphatic heterocycles. The first-order valence-electron chi connectivity index (χ1n) is 7.84. The van der Waals surface area contributed by atoms with Gasteiger partial charge < -0.3 is 13.9 Å². The van der Waals surface area contributed by atoms with Crippen LogP contribution >= 0.6 is 0 Å². The van der Waals surface area contributed by atoms with Gasteiger partial charge in [-0.2, -0.15) is 0 Å². The number of carbonyl (C=O) groups is 1. The normalized spacial score (nSPS) is 21.0. The zero-order chi connectivity index (χ0) is 15.4. The fourth-order valence-electron chi connectivity index (χ4n) is 3.35. The summed E-state index contributed by atoms with van der Waals surface area (Å²) in [4.78, 5) is 14.6. The lowest BCUT2D eigenvalue weighted by Crippen LogP contribution is -2.40. The lowest BCUT2D eigenvalue weighted by molar-refractivity contribution is 0.0678. The fraction of sp³-hybridized carbons (Fsp3) is 0.562. The fourth-order valence-corrected chi connectivity index (χ4v) is 3.35. The van der Waals surface area contributed by atoms with Gasteiger partial charge in [-0.05, 0) is 39.7 Å². The van der Waals surface area contributed by atoms with Crippen molar-refractivity contribution in [3.05, 3.63) is 34.8 Å². The summed E-state index contributed by atoms with van der Waals surface area (Å²) in [5.74, 6) is 4.04. The van der Waals surface area contributed by atoms with Crippen LogP contribution in [0.3, 0.4) is 0 Å². The Morgan fingerprint density at radius 2 is 2.09 bits per heavy atom. The number of aromatic nitrogens is 3. The molecule has 116 valence electrons. The standard InChI is InChI=1S/C16H20N4O2/c1-9-7-19(16(21)13-6-10(2)22-11(13)3)8-14-17-18-15(20(9)14)12-4-5-12/h6,9,12H,4-5,7-8H2,1-3H3/t9-/m0/s1. The molecule has 0 N–H and O–H groups in total. The van der Waals surface area contributed by atoms with E-state index in [0.717, 1.165) is 17.4 Å². The van der Waals surface area contributed by atoms with E-state index in [-0.39, 0.29) is 11.9 Å². The number of carbonyl (C=O) groups excluding carboxylic acids is 1. The minimum absolute atomic E-state index is 0.0171. The summed E-state index contributed by atoms with van der Waals surface area (Å²) in [6, 6.07) is 2.03. The number of fused-ring (bicyclic) bond motifs is 1. The minimum Gasteiger partial charge on any atom is -0.466 e. The average molecular weight is 300 g/mol. The quantitative estimate of drug-likeness (QED) is 0.855. The van der Waals surface area contributed by atoms with Gasteiger partial charge >= 0.3 is 0 Å². The van der Waals surface area contributed by atoms with Crippen molar-refractivity contribution in [2.45, 2.75) is 52.1 Å². The molecule has 0 aromatic carbocycles. The summed E-state index contributed by atoms with van der Waals surface area (Å²) in [6.07, 6.45) is 2.42. The molecule has 6 nitrogen and oxygen atoms in total. The molecule has 2 aliphatic rings. The number of amides is 1. The van der Waals surface area contributed by atoms with E-state index >= 15 is 0 Å². The molecular weight excluding hydrogens is 280 g/mol. The van der Waals surface area contributed by atoms with Crippen molar-refractivity contribution in [1.82, 2.24) is 19.7 Å². The van der Waals surface area contributed by atoms with Gasteiger partial charge in [0.15, 0.2) is 5.82 Å². The van der Waals surface area contributed by atoms with Gasteiger partial charge in [0, 0.05) is 12.5 Å². The maximum Gasteiger partial charge on any atom is 0.257 e. The van der Waals surface area contributed by atoms with Crippen molar-refractivity contribution in [3.63, 3.8) is 0 Å². The van der Waals surface area contributed by atoms with Crippen LogP contribution in [0.15, 0.2) is 10.5 Å². The molecule has 3 heterocycles. The number of rotatable bonds is 2. The molecule has 2 aromatic heterocycles. The molecule has 1 saturated carbocycles. The Morgan fingerprint density at radius 3 is 2.73 bits per heavy atom. The van der Waals surface area contributed by atoms with Crippen LogP contribution < -0.4 is 0 Å². The molecule has 6 heteroatoms. The Kier molecular flexibility index (Phi) is 2.89. The van der Waals surface area contributed by atoms with Crippen LogP contribution in [0.1, 0.15) is 65.3 Å². The molecule has 0 spiro atoms. The lowest BCUT2D eigenvalue weighted by Gasteiger charge is -2.32. The molecule has 0 saturated heterocycles. The predicted octanol–water partition coefficient (Wildman–Crippen LogP) is 2.58. The largest absolute Gasteiger partial charge is 0.466 e. The Hall–Kier alpha value is -2.11. The number of hydrogen-bond acceptors (Lipinski definition) is 4. The third-order valence-corrected chi connectivity index (χ3v) is 4.55. The van der Waals surface area contributed by atoms with Crippen molar-refractivity contribution in [2.75, 3.05) is 6.54 Å². The molecule has 1 atom stereocenters. The van der Waals surface area contributed by atoms with E-state index in [1.807, 2.05) is 24.8 Å². The molecule has 2 aromatic rings. The molecular formula is C16H20N4O2. The van der Waals surface area contributed by atoms with Crippen LogP contribution in [0.4, 0.5) is 0 Å². The summed E-state index contributed by atoms with van der Waals surface area (Å²) < 4.78 is 7.72. The average Bonchev–Trinajstić information content (AvgIpc) is 3.14. The number of nitrogens with zero attached hydrogens (tertiary/aromatic N) is 4. The Balaban J connectivity index is 1.62. The molecule has 0 bridgehead atoms. The maximum atomic E-state index is 12.8. The highest BCUT2D eigenvalue weighted by Gasteiger charge is 2.36. The monoisotopic (exact) mass is 300 g/mol. The Morgan fingerprint density at radius 1 is 1.32 bits per heavy atom. The van der Waals surface area contributed by atoms with Gasteiger partial charge in [-0.25, -0.2) is 0 Å². The third-order valence-electron chi connectivity index (χ3n) is 4.55. The van der Waals surface area contributed by atoms with Gasteiger partial charge in [0.25, 0.3) is 5.91 Å². The summed E-state index contributed by atoms with van der Waals surface area (Å²) in [5, 5.41) is 8.67. The highest BCUT2D eigenvalue weighted by molar-refractivity contribution is 5.95. The van der Waals surface area contributed by atoms with Crippen molar-refractivity contribution >= 4 is 5.91 Å². The van der Waals surface area contributed by atoms with Crippen LogP contribution in [0.2, 0.25) is 0 Å². The van der Waals surface area contributed by atoms with Crippen molar-refractivity contribution in [1.29, 1.82) is 0 Å². The Bertz CT molecular complexity index is 741. The van der Waals surface area contributed by atoms with E-state index < -0.39 is 0 Å². The first-order valence-corrected chi connectivity index (χ1v) is 7.84. The highest BCUT2D eigenvalue weighted by Crippen LogP contribution is 2.41. The van der Waals surface area contributed by atoms with E-state index in [2.05, 4.69) is 21.7 Å². The summed E-state index contributed by atoms with van der Waals surface area (Å²) >= 11 is 0. The smallest absolute Gasteiger partial charge is 0.257 e. The van der Waals surface area contributed by atoms with E-state index in [0.29, 0.717) is 30.3 Å². The van der Waals surface area contributed by atoms with Crippen molar-refractivity contribution < 1.29 is 9.21 Å². The molecule has 1 fully saturated rings. The van der Waals surface area contributed by atoms with Crippen molar-refractivity contribution in [2.24, 2.45) is 0 Å². The van der Waals surface area contributed by atoms with Crippen LogP contribution in [0.25, 0.3) is 0 Å². The summed E-state index contributed by atoms with van der Waals surface area (Å²) in [6.45, 7) is 7.04. The summed E-state index contributed by atoms with van der Waals surface area (Å²) in [5.41, 5.74) is 0.653. The predicted molar refractivity (Wildman–Crippen MR) is 79.6 cm³/mol. The van der Waals surface area contributed by atoms with Gasteiger partial charge in [0.05, 0.1) is 18.2 Å². The zero-order valence-corrected chi connectivity index (χ0v) is 13.2. The van der Waals surface area contributed by atoms with Crippen LogP contribution in [-0.2, 0) is 6.54 Å². The van der Waals surface area contributed by atoms with Gasteiger partial charge in [0.2, 0.25) is 0 Å². The van der Waals surface area contributed by atoms with Crippen LogP contribution in [0.5, 0.6) is 0 Å². The van der Waals surface area contributed by atoms with E-state index in [1.54, 1.807) is 0 Å². The van der Waals surface area contributed by atoms with Gasteiger partial charge in [0.1, 0.15) is 17.3 Å².